The van der Waals surface area contributed by atoms with Gasteiger partial charge in [0.1, 0.15) is 0 Å². The first-order valence-electron chi connectivity index (χ1n) is 2.46. The summed E-state index contributed by atoms with van der Waals surface area (Å²) in [5.41, 5.74) is 0. The predicted molar refractivity (Wildman–Crippen MR) is 25.0 cm³/mol. The van der Waals surface area contributed by atoms with Gasteiger partial charge in [-0.3, -0.25) is 5.84 Å². The van der Waals surface area contributed by atoms with E-state index in [9.17, 15) is 4.39 Å². The molecule has 1 rings (SSSR count). The summed E-state index contributed by atoms with van der Waals surface area (Å²) in [5.74, 6) is 5.14. The number of alkyl halides is 1. The molecule has 1 atom stereocenters. The Balaban J connectivity index is 2.33. The van der Waals surface area contributed by atoms with Gasteiger partial charge in [0, 0.05) is 6.54 Å². The Morgan fingerprint density at radius 1 is 1.71 bits per heavy atom. The molecule has 42 valence electrons. The van der Waals surface area contributed by atoms with Crippen LogP contribution in [0.15, 0.2) is 0 Å². The minimum absolute atomic E-state index is 0.608. The fourth-order valence-electron chi connectivity index (χ4n) is 0.748. The van der Waals surface area contributed by atoms with Crippen LogP contribution in [-0.2, 0) is 0 Å². The lowest BCUT2D eigenvalue weighted by molar-refractivity contribution is 0.129. The van der Waals surface area contributed by atoms with E-state index in [0.717, 1.165) is 6.42 Å². The lowest BCUT2D eigenvalue weighted by Gasteiger charge is -2.07. The molecular weight excluding hydrogens is 95.1 g/mol. The Bertz CT molecular complexity index is 58.7. The first-order valence-corrected chi connectivity index (χ1v) is 2.46. The maximum atomic E-state index is 12.1. The summed E-state index contributed by atoms with van der Waals surface area (Å²) in [4.78, 5) is 0. The van der Waals surface area contributed by atoms with Crippen molar-refractivity contribution in [3.05, 3.63) is 0 Å². The topological polar surface area (TPSA) is 29.3 Å². The Hall–Kier alpha value is -0.150. The third kappa shape index (κ3) is 0.894. The van der Waals surface area contributed by atoms with Gasteiger partial charge in [0.25, 0.3) is 0 Å². The molecule has 1 saturated heterocycles. The van der Waals surface area contributed by atoms with E-state index in [1.807, 2.05) is 0 Å². The Morgan fingerprint density at radius 3 is 2.57 bits per heavy atom. The molecule has 0 aromatic carbocycles. The highest BCUT2D eigenvalue weighted by atomic mass is 19.1. The monoisotopic (exact) mass is 104 g/mol. The van der Waals surface area contributed by atoms with E-state index in [2.05, 4.69) is 0 Å². The van der Waals surface area contributed by atoms with Crippen molar-refractivity contribution in [2.45, 2.75) is 19.1 Å². The Kier molecular flexibility index (Phi) is 1.25. The third-order valence-electron chi connectivity index (χ3n) is 1.22. The first kappa shape index (κ1) is 5.00. The van der Waals surface area contributed by atoms with Crippen molar-refractivity contribution in [3.63, 3.8) is 0 Å². The molecule has 0 aromatic rings. The van der Waals surface area contributed by atoms with Crippen molar-refractivity contribution in [3.8, 4) is 0 Å². The first-order chi connectivity index (χ1) is 3.30. The van der Waals surface area contributed by atoms with E-state index >= 15 is 0 Å². The second-order valence-corrected chi connectivity index (χ2v) is 1.81. The van der Waals surface area contributed by atoms with Crippen LogP contribution in [0.4, 0.5) is 4.39 Å². The summed E-state index contributed by atoms with van der Waals surface area (Å²) >= 11 is 0. The summed E-state index contributed by atoms with van der Waals surface area (Å²) in [6.07, 6.45) is 0.633. The molecule has 0 amide bonds. The summed E-state index contributed by atoms with van der Waals surface area (Å²) < 4.78 is 12.1. The highest BCUT2D eigenvalue weighted by Gasteiger charge is 2.19. The molecule has 1 aliphatic rings. The van der Waals surface area contributed by atoms with Crippen LogP contribution in [0, 0.1) is 0 Å². The molecule has 0 bridgehead atoms. The van der Waals surface area contributed by atoms with Crippen molar-refractivity contribution in [2.24, 2.45) is 5.84 Å². The van der Waals surface area contributed by atoms with Gasteiger partial charge in [-0.05, 0) is 12.8 Å². The van der Waals surface area contributed by atoms with Gasteiger partial charge >= 0.3 is 0 Å². The van der Waals surface area contributed by atoms with Crippen molar-refractivity contribution >= 4 is 0 Å². The van der Waals surface area contributed by atoms with Crippen LogP contribution in [0.2, 0.25) is 0 Å². The van der Waals surface area contributed by atoms with Crippen molar-refractivity contribution in [1.82, 2.24) is 5.01 Å². The SMILES string of the molecule is NN1CCCC1F. The molecule has 1 unspecified atom stereocenters. The van der Waals surface area contributed by atoms with Crippen LogP contribution in [-0.4, -0.2) is 17.8 Å². The molecule has 0 saturated carbocycles. The zero-order chi connectivity index (χ0) is 5.28. The van der Waals surface area contributed by atoms with E-state index < -0.39 is 6.30 Å². The number of nitrogens with two attached hydrogens (primary N) is 1. The molecule has 7 heavy (non-hydrogen) atoms. The lowest BCUT2D eigenvalue weighted by atomic mass is 10.4. The van der Waals surface area contributed by atoms with Gasteiger partial charge in [-0.15, -0.1) is 0 Å². The second kappa shape index (κ2) is 1.76. The molecule has 0 aromatic heterocycles. The van der Waals surface area contributed by atoms with Gasteiger partial charge in [0.05, 0.1) is 0 Å². The molecule has 1 aliphatic heterocycles. The van der Waals surface area contributed by atoms with Crippen molar-refractivity contribution in [1.29, 1.82) is 0 Å². The molecule has 3 heteroatoms. The maximum absolute atomic E-state index is 12.1. The number of hydrogen-bond donors (Lipinski definition) is 1. The molecule has 2 nitrogen and oxygen atoms in total. The molecule has 2 N–H and O–H groups in total. The molecule has 0 spiro atoms. The molecule has 0 aliphatic carbocycles. The van der Waals surface area contributed by atoms with E-state index in [0.29, 0.717) is 13.0 Å². The van der Waals surface area contributed by atoms with Crippen molar-refractivity contribution < 1.29 is 4.39 Å². The quantitative estimate of drug-likeness (QED) is 0.352. The van der Waals surface area contributed by atoms with Gasteiger partial charge < -0.3 is 0 Å². The fourth-order valence-corrected chi connectivity index (χ4v) is 0.748. The van der Waals surface area contributed by atoms with Crippen LogP contribution < -0.4 is 5.84 Å². The highest BCUT2D eigenvalue weighted by molar-refractivity contribution is 4.63. The van der Waals surface area contributed by atoms with Gasteiger partial charge in [0.2, 0.25) is 0 Å². The van der Waals surface area contributed by atoms with E-state index in [1.54, 1.807) is 0 Å². The van der Waals surface area contributed by atoms with Gasteiger partial charge in [-0.1, -0.05) is 0 Å². The summed E-state index contributed by atoms with van der Waals surface area (Å²) in [7, 11) is 0. The third-order valence-corrected chi connectivity index (χ3v) is 1.22. The normalized spacial score (nSPS) is 34.3. The minimum Gasteiger partial charge on any atom is -0.266 e. The fraction of sp³-hybridized carbons (Fsp3) is 1.00. The number of rotatable bonds is 0. The summed E-state index contributed by atoms with van der Waals surface area (Å²) in [6.45, 7) is 0.709. The summed E-state index contributed by atoms with van der Waals surface area (Å²) in [5, 5.41) is 1.24. The maximum Gasteiger partial charge on any atom is 0.165 e. The zero-order valence-corrected chi connectivity index (χ0v) is 4.10. The number of halogens is 1. The Labute approximate surface area is 42.1 Å². The molecule has 1 heterocycles. The standard InChI is InChI=1S/C4H9FN2/c5-4-2-1-3-7(4)6/h4H,1-3,6H2. The van der Waals surface area contributed by atoms with Crippen LogP contribution >= 0.6 is 0 Å². The average Bonchev–Trinajstić information content (AvgIpc) is 1.91. The lowest BCUT2D eigenvalue weighted by Crippen LogP contribution is -2.32. The average molecular weight is 104 g/mol. The second-order valence-electron chi connectivity index (χ2n) is 1.81. The summed E-state index contributed by atoms with van der Waals surface area (Å²) in [6, 6.07) is 0. The van der Waals surface area contributed by atoms with Crippen LogP contribution in [0.5, 0.6) is 0 Å². The number of hydrogen-bond acceptors (Lipinski definition) is 2. The van der Waals surface area contributed by atoms with E-state index in [1.165, 1.54) is 5.01 Å². The van der Waals surface area contributed by atoms with E-state index in [4.69, 9.17) is 5.84 Å². The smallest absolute Gasteiger partial charge is 0.165 e. The number of nitrogens with zero attached hydrogens (tertiary/aromatic N) is 1. The molecule has 1 fully saturated rings. The van der Waals surface area contributed by atoms with Gasteiger partial charge in [-0.2, -0.15) is 0 Å². The molecular formula is C4H9FN2. The largest absolute Gasteiger partial charge is 0.266 e. The zero-order valence-electron chi connectivity index (χ0n) is 4.10. The van der Waals surface area contributed by atoms with Crippen LogP contribution in [0.3, 0.4) is 0 Å². The predicted octanol–water partition coefficient (Wildman–Crippen LogP) is 0.251. The van der Waals surface area contributed by atoms with E-state index in [-0.39, 0.29) is 0 Å². The van der Waals surface area contributed by atoms with Crippen LogP contribution in [0.25, 0.3) is 0 Å². The van der Waals surface area contributed by atoms with Crippen LogP contribution in [0.1, 0.15) is 12.8 Å². The van der Waals surface area contributed by atoms with Crippen molar-refractivity contribution in [2.75, 3.05) is 6.54 Å². The highest BCUT2D eigenvalue weighted by Crippen LogP contribution is 2.12. The molecule has 0 radical (unpaired) electrons. The Morgan fingerprint density at radius 2 is 2.43 bits per heavy atom. The minimum atomic E-state index is -0.875. The van der Waals surface area contributed by atoms with Gasteiger partial charge in [0.15, 0.2) is 6.30 Å². The number of hydrazine groups is 1. The van der Waals surface area contributed by atoms with Gasteiger partial charge in [-0.25, -0.2) is 9.40 Å².